The predicted molar refractivity (Wildman–Crippen MR) is 72.9 cm³/mol. The maximum absolute atomic E-state index is 10.1. The fourth-order valence-electron chi connectivity index (χ4n) is 4.20. The second-order valence-corrected chi connectivity index (χ2v) is 5.94. The molecule has 108 valence electrons. The fourth-order valence-corrected chi connectivity index (χ4v) is 4.20. The number of piperidine rings is 3. The molecule has 0 aromatic heterocycles. The largest absolute Gasteiger partial charge is 0.508 e. The highest BCUT2D eigenvalue weighted by atomic mass is 16.8. The quantitative estimate of drug-likeness (QED) is 0.855. The summed E-state index contributed by atoms with van der Waals surface area (Å²) in [5.41, 5.74) is 4.00. The molecule has 1 aromatic carbocycles. The van der Waals surface area contributed by atoms with E-state index in [1.165, 1.54) is 0 Å². The van der Waals surface area contributed by atoms with Gasteiger partial charge in [0.1, 0.15) is 5.75 Å². The topological polar surface area (TPSA) is 54.0 Å². The van der Waals surface area contributed by atoms with Crippen LogP contribution in [0.15, 0.2) is 24.3 Å². The molecule has 5 rings (SSSR count). The van der Waals surface area contributed by atoms with Gasteiger partial charge >= 0.3 is 0 Å². The number of benzene rings is 1. The zero-order valence-electron chi connectivity index (χ0n) is 11.6. The first-order valence-corrected chi connectivity index (χ1v) is 7.27. The molecule has 0 amide bonds. The van der Waals surface area contributed by atoms with Gasteiger partial charge in [0.25, 0.3) is 0 Å². The molecule has 2 bridgehead atoms. The zero-order valence-corrected chi connectivity index (χ0v) is 11.6. The van der Waals surface area contributed by atoms with E-state index in [1.54, 1.807) is 13.2 Å². The van der Waals surface area contributed by atoms with E-state index in [4.69, 9.17) is 9.57 Å². The van der Waals surface area contributed by atoms with E-state index >= 15 is 0 Å². The first-order valence-electron chi connectivity index (χ1n) is 7.27. The summed E-state index contributed by atoms with van der Waals surface area (Å²) in [5, 5.41) is 10.1. The minimum absolute atomic E-state index is 0.0563. The van der Waals surface area contributed by atoms with Crippen molar-refractivity contribution in [2.75, 3.05) is 20.2 Å². The van der Waals surface area contributed by atoms with Crippen molar-refractivity contribution in [1.29, 1.82) is 0 Å². The first kappa shape index (κ1) is 12.6. The summed E-state index contributed by atoms with van der Waals surface area (Å²) < 4.78 is 5.82. The lowest BCUT2D eigenvalue weighted by Gasteiger charge is -2.53. The van der Waals surface area contributed by atoms with Crippen LogP contribution in [-0.4, -0.2) is 42.0 Å². The lowest BCUT2D eigenvalue weighted by atomic mass is 9.74. The van der Waals surface area contributed by atoms with E-state index in [9.17, 15) is 5.11 Å². The Kier molecular flexibility index (Phi) is 2.79. The molecule has 0 unspecified atom stereocenters. The monoisotopic (exact) mass is 276 g/mol. The molecular weight excluding hydrogens is 256 g/mol. The number of aromatic hydroxyl groups is 1. The Morgan fingerprint density at radius 2 is 2.10 bits per heavy atom. The lowest BCUT2D eigenvalue weighted by Crippen LogP contribution is -2.65. The van der Waals surface area contributed by atoms with Gasteiger partial charge < -0.3 is 9.84 Å². The molecular formula is C15H20N2O3. The predicted octanol–water partition coefficient (Wildman–Crippen LogP) is 1.41. The van der Waals surface area contributed by atoms with E-state index in [1.807, 2.05) is 18.2 Å². The minimum atomic E-state index is -0.580. The summed E-state index contributed by atoms with van der Waals surface area (Å²) in [6.45, 7) is 2.16. The number of nitrogens with zero attached hydrogens (tertiary/aromatic N) is 1. The molecule has 4 saturated heterocycles. The molecule has 20 heavy (non-hydrogen) atoms. The second kappa shape index (κ2) is 4.43. The molecule has 0 spiro atoms. The number of para-hydroxylation sites is 1. The molecule has 5 nitrogen and oxygen atoms in total. The van der Waals surface area contributed by atoms with E-state index in [0.29, 0.717) is 11.7 Å². The Bertz CT molecular complexity index is 516. The van der Waals surface area contributed by atoms with Crippen LogP contribution in [0, 0.1) is 5.92 Å². The van der Waals surface area contributed by atoms with Crippen LogP contribution in [0.3, 0.4) is 0 Å². The van der Waals surface area contributed by atoms with Crippen LogP contribution in [0.25, 0.3) is 0 Å². The van der Waals surface area contributed by atoms with E-state index in [2.05, 4.69) is 10.4 Å². The summed E-state index contributed by atoms with van der Waals surface area (Å²) in [5.74, 6) is 0.151. The molecule has 4 aliphatic heterocycles. The summed E-state index contributed by atoms with van der Waals surface area (Å²) >= 11 is 0. The van der Waals surface area contributed by atoms with Crippen LogP contribution in [0.2, 0.25) is 0 Å². The Morgan fingerprint density at radius 3 is 2.80 bits per heavy atom. The highest BCUT2D eigenvalue weighted by Gasteiger charge is 2.63. The van der Waals surface area contributed by atoms with E-state index in [-0.39, 0.29) is 12.1 Å². The summed E-state index contributed by atoms with van der Waals surface area (Å²) in [7, 11) is 1.73. The standard InChI is InChI=1S/C15H20N2O3/c1-19-15-10-6-8-17(9-7-10)14(15)13(16-20-15)11-4-2-3-5-12(11)18/h2-5,10,13-14,16,18H,6-9H2,1H3/t13-,14+,15-/m1/s1. The van der Waals surface area contributed by atoms with Gasteiger partial charge in [-0.1, -0.05) is 18.2 Å². The molecule has 0 aliphatic carbocycles. The van der Waals surface area contributed by atoms with Crippen LogP contribution >= 0.6 is 0 Å². The van der Waals surface area contributed by atoms with Crippen molar-refractivity contribution in [2.24, 2.45) is 5.92 Å². The van der Waals surface area contributed by atoms with Crippen LogP contribution in [-0.2, 0) is 9.57 Å². The number of rotatable bonds is 2. The smallest absolute Gasteiger partial charge is 0.207 e. The number of fused-ring (bicyclic) bond motifs is 2. The van der Waals surface area contributed by atoms with Gasteiger partial charge in [0, 0.05) is 18.6 Å². The third-order valence-electron chi connectivity index (χ3n) is 5.16. The highest BCUT2D eigenvalue weighted by molar-refractivity contribution is 5.37. The molecule has 5 heteroatoms. The number of ether oxygens (including phenoxy) is 1. The minimum Gasteiger partial charge on any atom is -0.508 e. The Balaban J connectivity index is 1.76. The summed E-state index contributed by atoms with van der Waals surface area (Å²) in [6, 6.07) is 7.52. The SMILES string of the molecule is CO[C@]12ON[C@H](c3ccccc3O)[C@@H]1N1CCC2CC1. The van der Waals surface area contributed by atoms with Gasteiger partial charge in [0.2, 0.25) is 5.79 Å². The maximum atomic E-state index is 10.1. The molecule has 4 fully saturated rings. The van der Waals surface area contributed by atoms with Crippen molar-refractivity contribution in [3.05, 3.63) is 29.8 Å². The zero-order chi connectivity index (χ0) is 13.7. The van der Waals surface area contributed by atoms with Crippen molar-refractivity contribution >= 4 is 0 Å². The molecule has 4 heterocycles. The van der Waals surface area contributed by atoms with Crippen molar-refractivity contribution in [3.63, 3.8) is 0 Å². The Labute approximate surface area is 118 Å². The number of phenolic OH excluding ortho intramolecular Hbond substituents is 1. The molecule has 1 aromatic rings. The van der Waals surface area contributed by atoms with Gasteiger partial charge in [-0.25, -0.2) is 0 Å². The van der Waals surface area contributed by atoms with Crippen LogP contribution in [0.1, 0.15) is 24.4 Å². The van der Waals surface area contributed by atoms with Gasteiger partial charge in [0.05, 0.1) is 12.1 Å². The van der Waals surface area contributed by atoms with E-state index in [0.717, 1.165) is 31.5 Å². The van der Waals surface area contributed by atoms with Gasteiger partial charge in [-0.2, -0.15) is 5.48 Å². The second-order valence-electron chi connectivity index (χ2n) is 5.94. The number of methoxy groups -OCH3 is 1. The number of hydroxylamine groups is 1. The highest BCUT2D eigenvalue weighted by Crippen LogP contribution is 2.51. The van der Waals surface area contributed by atoms with Crippen molar-refractivity contribution < 1.29 is 14.7 Å². The number of hydrogen-bond donors (Lipinski definition) is 2. The molecule has 0 saturated carbocycles. The lowest BCUT2D eigenvalue weighted by molar-refractivity contribution is -0.298. The maximum Gasteiger partial charge on any atom is 0.207 e. The van der Waals surface area contributed by atoms with Crippen LogP contribution in [0.4, 0.5) is 0 Å². The summed E-state index contributed by atoms with van der Waals surface area (Å²) in [6.07, 6.45) is 2.22. The molecule has 0 radical (unpaired) electrons. The van der Waals surface area contributed by atoms with E-state index < -0.39 is 5.79 Å². The summed E-state index contributed by atoms with van der Waals surface area (Å²) in [4.78, 5) is 8.36. The van der Waals surface area contributed by atoms with Gasteiger partial charge in [0.15, 0.2) is 0 Å². The fraction of sp³-hybridized carbons (Fsp3) is 0.600. The average molecular weight is 276 g/mol. The van der Waals surface area contributed by atoms with Crippen molar-refractivity contribution in [2.45, 2.75) is 30.7 Å². The van der Waals surface area contributed by atoms with Crippen molar-refractivity contribution in [3.8, 4) is 5.75 Å². The Hall–Kier alpha value is -1.14. The van der Waals surface area contributed by atoms with Gasteiger partial charge in [-0.05, 0) is 32.0 Å². The third-order valence-corrected chi connectivity index (χ3v) is 5.16. The van der Waals surface area contributed by atoms with Crippen molar-refractivity contribution in [1.82, 2.24) is 10.4 Å². The average Bonchev–Trinajstić information content (AvgIpc) is 2.92. The third kappa shape index (κ3) is 1.52. The molecule has 4 aliphatic rings. The first-order chi connectivity index (χ1) is 9.76. The molecule has 2 N–H and O–H groups in total. The number of phenols is 1. The van der Waals surface area contributed by atoms with Gasteiger partial charge in [-0.15, -0.1) is 0 Å². The van der Waals surface area contributed by atoms with Crippen LogP contribution < -0.4 is 5.48 Å². The normalized spacial score (nSPS) is 42.6. The Morgan fingerprint density at radius 1 is 1.35 bits per heavy atom. The number of hydrogen-bond acceptors (Lipinski definition) is 5. The number of nitrogens with one attached hydrogen (secondary N) is 1. The van der Waals surface area contributed by atoms with Gasteiger partial charge in [-0.3, -0.25) is 9.74 Å². The van der Waals surface area contributed by atoms with Crippen LogP contribution in [0.5, 0.6) is 5.75 Å². The molecule has 3 atom stereocenters.